The fourth-order valence-corrected chi connectivity index (χ4v) is 0.744. The van der Waals surface area contributed by atoms with Gasteiger partial charge in [-0.15, -0.1) is 0 Å². The average molecular weight is 413 g/mol. The first-order valence-corrected chi connectivity index (χ1v) is 3.40. The van der Waals surface area contributed by atoms with Gasteiger partial charge in [0.05, 0.1) is 0 Å². The molecule has 0 N–H and O–H groups in total. The Morgan fingerprint density at radius 3 is 1.50 bits per heavy atom. The van der Waals surface area contributed by atoms with Gasteiger partial charge in [0, 0.05) is 98.1 Å². The first-order chi connectivity index (χ1) is 4.61. The van der Waals surface area contributed by atoms with Crippen molar-refractivity contribution in [3.05, 3.63) is 43.3 Å². The Balaban J connectivity index is -0.000000125. The van der Waals surface area contributed by atoms with E-state index < -0.39 is 0 Å². The molecule has 0 atom stereocenters. The minimum atomic E-state index is 0. The van der Waals surface area contributed by atoms with E-state index in [1.165, 1.54) is 0 Å². The molecule has 0 aliphatic carbocycles. The third kappa shape index (κ3) is 9.74. The summed E-state index contributed by atoms with van der Waals surface area (Å²) in [4.78, 5) is 0. The Kier molecular flexibility index (Phi) is 21.8. The van der Waals surface area contributed by atoms with Gasteiger partial charge in [-0.3, -0.25) is 0 Å². The van der Waals surface area contributed by atoms with E-state index in [4.69, 9.17) is 0 Å². The number of rotatable bonds is 0. The first-order valence-electron chi connectivity index (χ1n) is 3.40. The molecule has 0 saturated heterocycles. The maximum Gasteiger partial charge on any atom is 0 e. The van der Waals surface area contributed by atoms with E-state index in [0.717, 1.165) is 5.56 Å². The van der Waals surface area contributed by atoms with Gasteiger partial charge >= 0.3 is 0 Å². The third-order valence-corrected chi connectivity index (χ3v) is 1.35. The SMILES string of the molecule is CC(C)(C)c1[c-]c[c-]c[c-]1.[CH3-].[Y].[Y].[Y]. The van der Waals surface area contributed by atoms with E-state index in [-0.39, 0.29) is 111 Å². The van der Waals surface area contributed by atoms with E-state index in [0.29, 0.717) is 0 Å². The second-order valence-corrected chi connectivity index (χ2v) is 3.37. The van der Waals surface area contributed by atoms with Crippen LogP contribution in [0.4, 0.5) is 0 Å². The molecule has 1 rings (SSSR count). The zero-order chi connectivity index (χ0) is 7.61. The standard InChI is InChI=1S/C10H11.CH3.3Y/c1-10(2,3)9-7-5-4-6-8-9;;;;/h5-6H,1-3H3;1H3;;;/q-3;-1;;;. The van der Waals surface area contributed by atoms with Crippen LogP contribution in [0, 0.1) is 25.6 Å². The van der Waals surface area contributed by atoms with Crippen LogP contribution >= 0.6 is 0 Å². The third-order valence-electron chi connectivity index (χ3n) is 1.35. The molecule has 0 aromatic heterocycles. The molecule has 0 spiro atoms. The quantitative estimate of drug-likeness (QED) is 0.575. The van der Waals surface area contributed by atoms with Crippen molar-refractivity contribution in [3.8, 4) is 0 Å². The van der Waals surface area contributed by atoms with Gasteiger partial charge in [-0.2, -0.15) is 0 Å². The summed E-state index contributed by atoms with van der Waals surface area (Å²) in [5.74, 6) is 0. The summed E-state index contributed by atoms with van der Waals surface area (Å²) in [7, 11) is 0. The van der Waals surface area contributed by atoms with Crippen LogP contribution in [0.15, 0.2) is 12.1 Å². The van der Waals surface area contributed by atoms with E-state index in [1.54, 1.807) is 12.1 Å². The summed E-state index contributed by atoms with van der Waals surface area (Å²) in [5.41, 5.74) is 1.28. The first kappa shape index (κ1) is 25.4. The van der Waals surface area contributed by atoms with Crippen LogP contribution in [0.1, 0.15) is 26.3 Å². The summed E-state index contributed by atoms with van der Waals surface area (Å²) < 4.78 is 0. The van der Waals surface area contributed by atoms with Gasteiger partial charge in [0.2, 0.25) is 0 Å². The maximum absolute atomic E-state index is 3.10. The molecular formula is C11H14Y3-4. The van der Waals surface area contributed by atoms with Crippen LogP contribution in [-0.2, 0) is 104 Å². The smallest absolute Gasteiger partial charge is 0 e. The second kappa shape index (κ2) is 12.0. The summed E-state index contributed by atoms with van der Waals surface area (Å²) >= 11 is 0. The Hall–Kier alpha value is 2.53. The number of hydrogen-bond donors (Lipinski definition) is 0. The molecule has 0 bridgehead atoms. The van der Waals surface area contributed by atoms with Crippen molar-refractivity contribution in [1.82, 2.24) is 0 Å². The minimum Gasteiger partial charge on any atom is -0.545 e. The second-order valence-electron chi connectivity index (χ2n) is 3.37. The Bertz CT molecular complexity index is 202. The molecule has 0 heterocycles. The fraction of sp³-hybridized carbons (Fsp3) is 0.364. The monoisotopic (exact) mass is 413 g/mol. The molecule has 0 nitrogen and oxygen atoms in total. The van der Waals surface area contributed by atoms with Crippen LogP contribution in [0.2, 0.25) is 0 Å². The van der Waals surface area contributed by atoms with Crippen molar-refractivity contribution in [1.29, 1.82) is 0 Å². The number of benzene rings is 1. The molecule has 14 heavy (non-hydrogen) atoms. The van der Waals surface area contributed by atoms with E-state index in [9.17, 15) is 0 Å². The van der Waals surface area contributed by atoms with Crippen LogP contribution < -0.4 is 0 Å². The van der Waals surface area contributed by atoms with Crippen molar-refractivity contribution < 1.29 is 98.1 Å². The van der Waals surface area contributed by atoms with Gasteiger partial charge in [0.1, 0.15) is 0 Å². The normalized spacial score (nSPS) is 8.21. The Labute approximate surface area is 164 Å². The molecule has 0 aliphatic heterocycles. The molecule has 0 amide bonds. The molecule has 71 valence electrons. The van der Waals surface area contributed by atoms with Crippen molar-refractivity contribution in [2.75, 3.05) is 0 Å². The Morgan fingerprint density at radius 2 is 1.29 bits per heavy atom. The van der Waals surface area contributed by atoms with Crippen LogP contribution in [0.3, 0.4) is 0 Å². The topological polar surface area (TPSA) is 0 Å². The minimum absolute atomic E-state index is 0. The molecule has 1 aromatic rings. The van der Waals surface area contributed by atoms with Crippen LogP contribution in [-0.4, -0.2) is 0 Å². The van der Waals surface area contributed by atoms with E-state index >= 15 is 0 Å². The van der Waals surface area contributed by atoms with Gasteiger partial charge in [0.15, 0.2) is 0 Å². The van der Waals surface area contributed by atoms with Crippen molar-refractivity contribution in [2.45, 2.75) is 26.2 Å². The molecule has 0 unspecified atom stereocenters. The molecular weight excluding hydrogens is 399 g/mol. The Morgan fingerprint density at radius 1 is 0.929 bits per heavy atom. The zero-order valence-electron chi connectivity index (χ0n) is 9.39. The van der Waals surface area contributed by atoms with Gasteiger partial charge in [-0.1, -0.05) is 26.2 Å². The molecule has 0 fully saturated rings. The van der Waals surface area contributed by atoms with E-state index in [1.807, 2.05) is 0 Å². The van der Waals surface area contributed by atoms with Gasteiger partial charge < -0.3 is 43.3 Å². The van der Waals surface area contributed by atoms with E-state index in [2.05, 4.69) is 39.0 Å². The van der Waals surface area contributed by atoms with Crippen LogP contribution in [0.25, 0.3) is 0 Å². The largest absolute Gasteiger partial charge is 0.545 e. The molecule has 0 aliphatic rings. The molecule has 1 aromatic carbocycles. The zero-order valence-corrected chi connectivity index (χ0v) is 17.9. The van der Waals surface area contributed by atoms with Crippen molar-refractivity contribution in [2.24, 2.45) is 0 Å². The summed E-state index contributed by atoms with van der Waals surface area (Å²) in [6, 6.07) is 12.7. The molecule has 3 radical (unpaired) electrons. The predicted molar refractivity (Wildman–Crippen MR) is 48.1 cm³/mol. The molecule has 3 heteroatoms. The van der Waals surface area contributed by atoms with Crippen molar-refractivity contribution in [3.63, 3.8) is 0 Å². The van der Waals surface area contributed by atoms with Crippen molar-refractivity contribution >= 4 is 0 Å². The maximum atomic E-state index is 3.10. The fourth-order valence-electron chi connectivity index (χ4n) is 0.744. The summed E-state index contributed by atoms with van der Waals surface area (Å²) in [6.07, 6.45) is 0. The summed E-state index contributed by atoms with van der Waals surface area (Å²) in [6.45, 7) is 6.44. The predicted octanol–water partition coefficient (Wildman–Crippen LogP) is 2.83. The average Bonchev–Trinajstić information content (AvgIpc) is 1.88. The van der Waals surface area contributed by atoms with Crippen LogP contribution in [0.5, 0.6) is 0 Å². The summed E-state index contributed by atoms with van der Waals surface area (Å²) in [5, 5.41) is 0. The van der Waals surface area contributed by atoms with Gasteiger partial charge in [-0.25, -0.2) is 0 Å². The number of hydrogen-bond acceptors (Lipinski definition) is 0. The van der Waals surface area contributed by atoms with Gasteiger partial charge in [-0.05, 0) is 0 Å². The van der Waals surface area contributed by atoms with Gasteiger partial charge in [0.25, 0.3) is 0 Å². The molecule has 0 saturated carbocycles.